The molecule has 51 heavy (non-hydrogen) atoms. The Morgan fingerprint density at radius 3 is 1.27 bits per heavy atom. The smallest absolute Gasteiger partial charge is 0.331 e. The number of urea groups is 1. The van der Waals surface area contributed by atoms with Crippen LogP contribution in [0.15, 0.2) is 96.0 Å². The Hall–Kier alpha value is -4.99. The molecule has 2 saturated heterocycles. The zero-order valence-electron chi connectivity index (χ0n) is 33.3. The molecule has 2 fully saturated rings. The lowest BCUT2D eigenvalue weighted by Gasteiger charge is -2.29. The fourth-order valence-corrected chi connectivity index (χ4v) is 5.53. The molecule has 3 aromatic rings. The molecule has 10 nitrogen and oxygen atoms in total. The third kappa shape index (κ3) is 9.84. The molecular weight excluding hydrogens is 640 g/mol. The Balaban J connectivity index is 0.000000356. The van der Waals surface area contributed by atoms with Gasteiger partial charge in [0.1, 0.15) is 16.6 Å². The van der Waals surface area contributed by atoms with Crippen LogP contribution in [0.2, 0.25) is 0 Å². The Kier molecular flexibility index (Phi) is 16.8. The monoisotopic (exact) mass is 700 g/mol. The number of aliphatic imine (C=N–C) groups is 1. The van der Waals surface area contributed by atoms with Gasteiger partial charge >= 0.3 is 6.03 Å². The lowest BCUT2D eigenvalue weighted by atomic mass is 10.0. The van der Waals surface area contributed by atoms with Gasteiger partial charge in [-0.25, -0.2) is 9.79 Å². The molecule has 10 heteroatoms. The number of benzene rings is 3. The van der Waals surface area contributed by atoms with Crippen LogP contribution in [-0.2, 0) is 14.4 Å². The summed E-state index contributed by atoms with van der Waals surface area (Å²) in [5.41, 5.74) is 1.03. The van der Waals surface area contributed by atoms with Crippen LogP contribution in [0.25, 0.3) is 0 Å². The Morgan fingerprint density at radius 2 is 0.941 bits per heavy atom. The first-order chi connectivity index (χ1) is 24.1. The van der Waals surface area contributed by atoms with Crippen molar-refractivity contribution in [3.8, 4) is 0 Å². The molecule has 0 atom stereocenters. The van der Waals surface area contributed by atoms with E-state index in [1.54, 1.807) is 25.1 Å². The molecule has 0 spiro atoms. The lowest BCUT2D eigenvalue weighted by Crippen LogP contribution is -2.44. The van der Waals surface area contributed by atoms with Crippen molar-refractivity contribution in [1.82, 2.24) is 9.80 Å². The number of imide groups is 1. The number of likely N-dealkylation sites (N-methyl/N-ethyl adjacent to an activating group) is 2. The summed E-state index contributed by atoms with van der Waals surface area (Å²) in [5, 5.41) is 0. The van der Waals surface area contributed by atoms with Gasteiger partial charge in [-0.1, -0.05) is 96.1 Å². The summed E-state index contributed by atoms with van der Waals surface area (Å²) in [6.07, 6.45) is 1.59. The Bertz CT molecular complexity index is 1570. The number of nitrogens with zero attached hydrogens (tertiary/aromatic N) is 6. The maximum atomic E-state index is 12.0. The molecule has 3 aromatic carbocycles. The van der Waals surface area contributed by atoms with Crippen molar-refractivity contribution in [3.63, 3.8) is 0 Å². The van der Waals surface area contributed by atoms with E-state index >= 15 is 0 Å². The van der Waals surface area contributed by atoms with E-state index in [0.717, 1.165) is 22.0 Å². The second-order valence-electron chi connectivity index (χ2n) is 12.7. The van der Waals surface area contributed by atoms with Crippen LogP contribution in [0.4, 0.5) is 21.9 Å². The van der Waals surface area contributed by atoms with Gasteiger partial charge in [-0.3, -0.25) is 24.2 Å². The molecule has 3 aliphatic heterocycles. The molecule has 3 heterocycles. The van der Waals surface area contributed by atoms with Gasteiger partial charge in [0, 0.05) is 31.2 Å². The summed E-state index contributed by atoms with van der Waals surface area (Å²) in [4.78, 5) is 59.4. The lowest BCUT2D eigenvalue weighted by molar-refractivity contribution is -0.130. The first-order valence-electron chi connectivity index (χ1n) is 17.8. The van der Waals surface area contributed by atoms with Crippen LogP contribution >= 0.6 is 0 Å². The largest absolute Gasteiger partial charge is 0.340 e. The van der Waals surface area contributed by atoms with E-state index in [4.69, 9.17) is 0 Å². The molecule has 0 N–H and O–H groups in total. The molecule has 278 valence electrons. The van der Waals surface area contributed by atoms with Crippen LogP contribution < -0.4 is 14.7 Å². The summed E-state index contributed by atoms with van der Waals surface area (Å²) in [7, 11) is 3.35. The number of carbonyl (C=O) groups is 4. The van der Waals surface area contributed by atoms with Crippen LogP contribution in [0.1, 0.15) is 83.1 Å². The van der Waals surface area contributed by atoms with Crippen LogP contribution in [0, 0.1) is 0 Å². The summed E-state index contributed by atoms with van der Waals surface area (Å²) in [6, 6.07) is 28.8. The van der Waals surface area contributed by atoms with Gasteiger partial charge in [-0.15, -0.1) is 0 Å². The minimum Gasteiger partial charge on any atom is -0.340 e. The fraction of sp³-hybridized carbons (Fsp3) is 0.439. The highest BCUT2D eigenvalue weighted by molar-refractivity contribution is 6.16. The predicted molar refractivity (Wildman–Crippen MR) is 212 cm³/mol. The number of hydrogen-bond acceptors (Lipinski definition) is 6. The van der Waals surface area contributed by atoms with E-state index in [9.17, 15) is 19.2 Å². The van der Waals surface area contributed by atoms with Crippen LogP contribution in [0.3, 0.4) is 0 Å². The number of anilines is 3. The van der Waals surface area contributed by atoms with E-state index in [1.807, 2.05) is 172 Å². The number of para-hydroxylation sites is 3. The second-order valence-corrected chi connectivity index (χ2v) is 12.7. The van der Waals surface area contributed by atoms with Crippen molar-refractivity contribution in [2.24, 2.45) is 4.99 Å². The molecule has 0 aromatic heterocycles. The van der Waals surface area contributed by atoms with Crippen molar-refractivity contribution in [1.29, 1.82) is 0 Å². The van der Waals surface area contributed by atoms with Crippen LogP contribution in [-0.4, -0.2) is 77.3 Å². The summed E-state index contributed by atoms with van der Waals surface area (Å²) >= 11 is 0. The molecule has 0 radical (unpaired) electrons. The first kappa shape index (κ1) is 44.0. The molecule has 0 bridgehead atoms. The SMILES string of the molecule is CC.CC.CC.CC1(C)C(=O)N=CN1c1ccccc1.CN1C(=O)N(c2ccccc2)C(C)(C)C1=O.CN1CN(c2ccccc2)C(C)(C)C1=O. The van der Waals surface area contributed by atoms with Crippen molar-refractivity contribution >= 4 is 47.2 Å². The summed E-state index contributed by atoms with van der Waals surface area (Å²) < 4.78 is 0. The van der Waals surface area contributed by atoms with Gasteiger partial charge < -0.3 is 14.7 Å². The summed E-state index contributed by atoms with van der Waals surface area (Å²) in [5.74, 6) is -0.103. The molecular formula is C41H60N6O4. The zero-order valence-corrected chi connectivity index (χ0v) is 33.3. The van der Waals surface area contributed by atoms with Crippen molar-refractivity contribution < 1.29 is 19.2 Å². The quantitative estimate of drug-likeness (QED) is 0.254. The van der Waals surface area contributed by atoms with Gasteiger partial charge in [-0.2, -0.15) is 0 Å². The van der Waals surface area contributed by atoms with Gasteiger partial charge in [0.2, 0.25) is 5.91 Å². The average Bonchev–Trinajstić information content (AvgIpc) is 3.61. The Labute approximate surface area is 306 Å². The minimum absolute atomic E-state index is 0.0960. The standard InChI is InChI=1S/C12H14N2O2.C12H16N2O.C11H12N2O.3C2H6/c1-12(2)10(15)13(3)11(16)14(12)9-7-5-4-6-8-9;1-12(2)11(15)13(3)9-14(12)10-7-5-4-6-8-10;1-11(2)10(14)12-8-13(11)9-6-4-3-5-7-9;3*1-2/h4-8H,1-3H3;4-8H,9H2,1-3H3;3-8H,1-2H3;3*1-2H3. The number of rotatable bonds is 3. The molecule has 0 aliphatic carbocycles. The topological polar surface area (TPSA) is 96.8 Å². The predicted octanol–water partition coefficient (Wildman–Crippen LogP) is 8.48. The zero-order chi connectivity index (χ0) is 39.2. The third-order valence-corrected chi connectivity index (χ3v) is 8.30. The summed E-state index contributed by atoms with van der Waals surface area (Å²) in [6.45, 7) is 23.8. The normalized spacial score (nSPS) is 17.5. The van der Waals surface area contributed by atoms with Gasteiger partial charge in [0.05, 0.1) is 13.0 Å². The third-order valence-electron chi connectivity index (χ3n) is 8.30. The highest BCUT2D eigenvalue weighted by Crippen LogP contribution is 2.32. The van der Waals surface area contributed by atoms with E-state index in [2.05, 4.69) is 9.89 Å². The molecule has 3 aliphatic rings. The second kappa shape index (κ2) is 19.4. The maximum absolute atomic E-state index is 12.0. The van der Waals surface area contributed by atoms with Gasteiger partial charge in [0.15, 0.2) is 0 Å². The molecule has 6 rings (SSSR count). The van der Waals surface area contributed by atoms with E-state index in [-0.39, 0.29) is 23.8 Å². The van der Waals surface area contributed by atoms with E-state index < -0.39 is 16.6 Å². The average molecular weight is 701 g/mol. The van der Waals surface area contributed by atoms with Crippen molar-refractivity contribution in [2.75, 3.05) is 35.5 Å². The number of amides is 5. The van der Waals surface area contributed by atoms with Crippen molar-refractivity contribution in [3.05, 3.63) is 91.0 Å². The highest BCUT2D eigenvalue weighted by atomic mass is 16.2. The maximum Gasteiger partial charge on any atom is 0.331 e. The molecule has 0 unspecified atom stereocenters. The molecule has 5 amide bonds. The van der Waals surface area contributed by atoms with Gasteiger partial charge in [0.25, 0.3) is 11.8 Å². The van der Waals surface area contributed by atoms with Crippen LogP contribution in [0.5, 0.6) is 0 Å². The van der Waals surface area contributed by atoms with Gasteiger partial charge in [-0.05, 0) is 77.9 Å². The number of hydrogen-bond donors (Lipinski definition) is 0. The van der Waals surface area contributed by atoms with Crippen molar-refractivity contribution in [2.45, 2.75) is 99.7 Å². The minimum atomic E-state index is -0.812. The Morgan fingerprint density at radius 1 is 0.529 bits per heavy atom. The first-order valence-corrected chi connectivity index (χ1v) is 17.8. The number of carbonyl (C=O) groups excluding carboxylic acids is 4. The molecule has 0 saturated carbocycles. The fourth-order valence-electron chi connectivity index (χ4n) is 5.53. The highest BCUT2D eigenvalue weighted by Gasteiger charge is 2.50. The van der Waals surface area contributed by atoms with E-state index in [0.29, 0.717) is 6.67 Å². The van der Waals surface area contributed by atoms with E-state index in [1.165, 1.54) is 11.9 Å².